The van der Waals surface area contributed by atoms with Gasteiger partial charge < -0.3 is 20.2 Å². The Morgan fingerprint density at radius 2 is 1.87 bits per heavy atom. The van der Waals surface area contributed by atoms with Crippen LogP contribution in [0.25, 0.3) is 0 Å². The molecule has 0 amide bonds. The van der Waals surface area contributed by atoms with Crippen molar-refractivity contribution >= 4 is 29.2 Å². The van der Waals surface area contributed by atoms with E-state index in [0.717, 1.165) is 5.56 Å². The van der Waals surface area contributed by atoms with E-state index in [0.29, 0.717) is 11.6 Å². The number of halogens is 2. The van der Waals surface area contributed by atoms with E-state index >= 15 is 0 Å². The second-order valence-corrected chi connectivity index (χ2v) is 6.26. The summed E-state index contributed by atoms with van der Waals surface area (Å²) in [5.41, 5.74) is 0.864. The van der Waals surface area contributed by atoms with Crippen LogP contribution in [0, 0.1) is 5.92 Å². The van der Waals surface area contributed by atoms with Gasteiger partial charge in [-0.3, -0.25) is 4.79 Å². The Morgan fingerprint density at radius 3 is 2.43 bits per heavy atom. The lowest BCUT2D eigenvalue weighted by molar-refractivity contribution is -0.170. The molecule has 1 aliphatic rings. The van der Waals surface area contributed by atoms with Gasteiger partial charge in [0.05, 0.1) is 5.92 Å². The van der Waals surface area contributed by atoms with Crippen molar-refractivity contribution < 1.29 is 20.1 Å². The number of aliphatic hydroxyl groups excluding tert-OH is 2. The van der Waals surface area contributed by atoms with Crippen LogP contribution in [0.3, 0.4) is 0 Å². The Kier molecular flexibility index (Phi) is 5.89. The minimum absolute atomic E-state index is 0.0184. The molecule has 0 aliphatic carbocycles. The fourth-order valence-corrected chi connectivity index (χ4v) is 2.67. The summed E-state index contributed by atoms with van der Waals surface area (Å²) in [6.07, 6.45) is -1.03. The smallest absolute Gasteiger partial charge is 0.307 e. The maximum atomic E-state index is 11.0. The van der Waals surface area contributed by atoms with Gasteiger partial charge in [0.1, 0.15) is 11.4 Å². The molecule has 126 valence electrons. The molecule has 23 heavy (non-hydrogen) atoms. The van der Waals surface area contributed by atoms with Crippen molar-refractivity contribution in [3.63, 3.8) is 0 Å². The van der Waals surface area contributed by atoms with Gasteiger partial charge in [0.15, 0.2) is 6.35 Å². The third-order valence-electron chi connectivity index (χ3n) is 3.65. The molecule has 0 radical (unpaired) electrons. The molecule has 0 saturated heterocycles. The van der Waals surface area contributed by atoms with Crippen LogP contribution in [0.5, 0.6) is 0 Å². The number of nitrogens with zero attached hydrogens (tertiary/aromatic N) is 2. The summed E-state index contributed by atoms with van der Waals surface area (Å²) in [4.78, 5) is 13.7. The first-order valence-electron chi connectivity index (χ1n) is 7.02. The van der Waals surface area contributed by atoms with E-state index in [1.54, 1.807) is 24.3 Å². The van der Waals surface area contributed by atoms with Gasteiger partial charge in [-0.25, -0.2) is 4.90 Å². The molecule has 2 unspecified atom stereocenters. The number of aliphatic carboxylic acids is 1. The quantitative estimate of drug-likeness (QED) is 0.695. The van der Waals surface area contributed by atoms with Crippen LogP contribution in [0.2, 0.25) is 5.02 Å². The largest absolute Gasteiger partial charge is 0.481 e. The Bertz CT molecular complexity index is 594. The average molecular weight is 361 g/mol. The predicted molar refractivity (Wildman–Crippen MR) is 86.5 cm³/mol. The van der Waals surface area contributed by atoms with Gasteiger partial charge in [-0.15, -0.1) is 0 Å². The van der Waals surface area contributed by atoms with Crippen molar-refractivity contribution in [3.05, 3.63) is 46.1 Å². The van der Waals surface area contributed by atoms with E-state index in [2.05, 4.69) is 0 Å². The van der Waals surface area contributed by atoms with E-state index in [1.807, 2.05) is 0 Å². The zero-order valence-corrected chi connectivity index (χ0v) is 13.9. The summed E-state index contributed by atoms with van der Waals surface area (Å²) in [5, 5.41) is 30.3. The molecule has 1 aliphatic heterocycles. The predicted octanol–water partition coefficient (Wildman–Crippen LogP) is 1.85. The molecule has 8 heteroatoms. The van der Waals surface area contributed by atoms with Crippen molar-refractivity contribution in [2.24, 2.45) is 5.92 Å². The SMILES string of the molecule is C[C@@H](CN1C(O)C=C(Cl)N(Cc2ccc(Cl)cc2)C1O)C(=O)O. The van der Waals surface area contributed by atoms with Crippen molar-refractivity contribution in [1.29, 1.82) is 0 Å². The number of aliphatic hydroxyl groups is 2. The molecule has 0 fully saturated rings. The van der Waals surface area contributed by atoms with Crippen LogP contribution in [0.15, 0.2) is 35.5 Å². The summed E-state index contributed by atoms with van der Waals surface area (Å²) in [7, 11) is 0. The van der Waals surface area contributed by atoms with E-state index in [1.165, 1.54) is 22.8 Å². The van der Waals surface area contributed by atoms with Crippen molar-refractivity contribution in [2.75, 3.05) is 6.54 Å². The summed E-state index contributed by atoms with van der Waals surface area (Å²) in [6.45, 7) is 1.78. The number of benzene rings is 1. The maximum absolute atomic E-state index is 11.0. The number of carboxylic acids is 1. The van der Waals surface area contributed by atoms with Crippen molar-refractivity contribution in [3.8, 4) is 0 Å². The van der Waals surface area contributed by atoms with Crippen LogP contribution in [0.1, 0.15) is 12.5 Å². The van der Waals surface area contributed by atoms with Crippen molar-refractivity contribution in [1.82, 2.24) is 9.80 Å². The second-order valence-electron chi connectivity index (χ2n) is 5.44. The van der Waals surface area contributed by atoms with Crippen LogP contribution >= 0.6 is 23.2 Å². The first-order chi connectivity index (χ1) is 10.8. The monoisotopic (exact) mass is 360 g/mol. The third-order valence-corrected chi connectivity index (χ3v) is 4.24. The third kappa shape index (κ3) is 4.37. The highest BCUT2D eigenvalue weighted by atomic mass is 35.5. The number of carboxylic acid groups (broad SMARTS) is 1. The average Bonchev–Trinajstić information content (AvgIpc) is 2.49. The lowest BCUT2D eigenvalue weighted by atomic mass is 10.1. The summed E-state index contributed by atoms with van der Waals surface area (Å²) < 4.78 is 0. The molecule has 3 atom stereocenters. The Labute approximate surface area is 144 Å². The van der Waals surface area contributed by atoms with Gasteiger partial charge in [0, 0.05) is 18.1 Å². The first-order valence-corrected chi connectivity index (χ1v) is 7.78. The van der Waals surface area contributed by atoms with E-state index in [4.69, 9.17) is 28.3 Å². The highest BCUT2D eigenvalue weighted by molar-refractivity contribution is 6.30. The van der Waals surface area contributed by atoms with Gasteiger partial charge in [0.2, 0.25) is 0 Å². The molecular formula is C15H18Cl2N2O4. The highest BCUT2D eigenvalue weighted by Gasteiger charge is 2.35. The summed E-state index contributed by atoms with van der Waals surface area (Å²) in [6, 6.07) is 7.05. The van der Waals surface area contributed by atoms with E-state index in [9.17, 15) is 15.0 Å². The maximum Gasteiger partial charge on any atom is 0.307 e. The van der Waals surface area contributed by atoms with Gasteiger partial charge in [-0.05, 0) is 23.8 Å². The molecule has 0 saturated carbocycles. The Morgan fingerprint density at radius 1 is 1.26 bits per heavy atom. The summed E-state index contributed by atoms with van der Waals surface area (Å²) >= 11 is 12.0. The topological polar surface area (TPSA) is 84.2 Å². The molecule has 2 rings (SSSR count). The van der Waals surface area contributed by atoms with Crippen molar-refractivity contribution in [2.45, 2.75) is 26.0 Å². The lowest BCUT2D eigenvalue weighted by Gasteiger charge is -2.43. The minimum atomic E-state index is -1.24. The molecule has 1 heterocycles. The Balaban J connectivity index is 2.17. The van der Waals surface area contributed by atoms with Crippen LogP contribution in [-0.2, 0) is 11.3 Å². The normalized spacial score (nSPS) is 23.5. The number of hydrogen-bond acceptors (Lipinski definition) is 5. The van der Waals surface area contributed by atoms with Crippen LogP contribution in [-0.4, -0.2) is 50.2 Å². The number of hydrogen-bond donors (Lipinski definition) is 3. The molecule has 0 bridgehead atoms. The van der Waals surface area contributed by atoms with Crippen LogP contribution < -0.4 is 0 Å². The molecular weight excluding hydrogens is 343 g/mol. The van der Waals surface area contributed by atoms with E-state index in [-0.39, 0.29) is 11.7 Å². The zero-order chi connectivity index (χ0) is 17.1. The fourth-order valence-electron chi connectivity index (χ4n) is 2.28. The number of carbonyl (C=O) groups is 1. The Hall–Kier alpha value is -1.31. The lowest BCUT2D eigenvalue weighted by Crippen LogP contribution is -2.56. The molecule has 3 N–H and O–H groups in total. The number of rotatable bonds is 5. The molecule has 1 aromatic rings. The zero-order valence-electron chi connectivity index (χ0n) is 12.4. The standard InChI is InChI=1S/C15H18Cl2N2O4/c1-9(14(21)22)7-19-13(20)6-12(17)18(15(19)23)8-10-2-4-11(16)5-3-10/h2-6,9,13,15,20,23H,7-8H2,1H3,(H,21,22)/t9-,13?,15?/m0/s1. The minimum Gasteiger partial charge on any atom is -0.481 e. The second kappa shape index (κ2) is 7.51. The van der Waals surface area contributed by atoms with Crippen LogP contribution in [0.4, 0.5) is 0 Å². The summed E-state index contributed by atoms with van der Waals surface area (Å²) in [5.74, 6) is -1.75. The van der Waals surface area contributed by atoms with Gasteiger partial charge in [-0.2, -0.15) is 0 Å². The fraction of sp³-hybridized carbons (Fsp3) is 0.400. The molecule has 0 spiro atoms. The van der Waals surface area contributed by atoms with Gasteiger partial charge >= 0.3 is 5.97 Å². The molecule has 6 nitrogen and oxygen atoms in total. The first kappa shape index (κ1) is 18.0. The van der Waals surface area contributed by atoms with E-state index < -0.39 is 24.5 Å². The molecule has 0 aromatic heterocycles. The highest BCUT2D eigenvalue weighted by Crippen LogP contribution is 2.27. The van der Waals surface area contributed by atoms with Gasteiger partial charge in [-0.1, -0.05) is 42.3 Å². The van der Waals surface area contributed by atoms with Gasteiger partial charge in [0.25, 0.3) is 0 Å². The molecule has 1 aromatic carbocycles.